The van der Waals surface area contributed by atoms with Crippen LogP contribution >= 0.6 is 0 Å². The number of carbonyl (C=O) groups is 1. The van der Waals surface area contributed by atoms with Gasteiger partial charge in [0.15, 0.2) is 6.29 Å². The molecule has 180 valence electrons. The maximum absolute atomic E-state index is 13.5. The molecule has 1 N–H and O–H groups in total. The van der Waals surface area contributed by atoms with Crippen LogP contribution in [0.4, 0.5) is 4.79 Å². The summed E-state index contributed by atoms with van der Waals surface area (Å²) in [5.41, 5.74) is 11.5. The van der Waals surface area contributed by atoms with Crippen molar-refractivity contribution in [1.82, 2.24) is 4.90 Å². The number of rotatable bonds is 8. The number of hydrogen-bond donors (Lipinski definition) is 1. The molecule has 3 aromatic carbocycles. The quantitative estimate of drug-likeness (QED) is 0.256. The highest BCUT2D eigenvalue weighted by Crippen LogP contribution is 2.35. The Morgan fingerprint density at radius 2 is 1.60 bits per heavy atom. The van der Waals surface area contributed by atoms with Crippen molar-refractivity contribution in [2.45, 2.75) is 50.5 Å². The lowest BCUT2D eigenvalue weighted by Crippen LogP contribution is -2.47. The summed E-state index contributed by atoms with van der Waals surface area (Å²) in [4.78, 5) is 18.0. The lowest BCUT2D eigenvalue weighted by Gasteiger charge is -2.41. The van der Waals surface area contributed by atoms with Gasteiger partial charge in [-0.1, -0.05) is 96.1 Å². The van der Waals surface area contributed by atoms with Crippen LogP contribution in [0.1, 0.15) is 35.6 Å². The minimum absolute atomic E-state index is 0.138. The van der Waals surface area contributed by atoms with Gasteiger partial charge in [0.25, 0.3) is 0 Å². The highest BCUT2D eigenvalue weighted by molar-refractivity contribution is 5.68. The average Bonchev–Trinajstić information content (AvgIpc) is 2.90. The minimum Gasteiger partial charge on any atom is -0.445 e. The van der Waals surface area contributed by atoms with Gasteiger partial charge in [0.05, 0.1) is 18.2 Å². The van der Waals surface area contributed by atoms with Crippen molar-refractivity contribution in [3.05, 3.63) is 118 Å². The number of amides is 1. The third-order valence-corrected chi connectivity index (χ3v) is 6.05. The average molecular weight is 473 g/mol. The summed E-state index contributed by atoms with van der Waals surface area (Å²) in [6, 6.07) is 27.6. The Morgan fingerprint density at radius 3 is 2.20 bits per heavy atom. The van der Waals surface area contributed by atoms with E-state index in [0.29, 0.717) is 19.4 Å². The van der Waals surface area contributed by atoms with Crippen molar-refractivity contribution < 1.29 is 19.4 Å². The van der Waals surface area contributed by atoms with Crippen molar-refractivity contribution in [1.29, 1.82) is 0 Å². The number of aliphatic hydroxyl groups excluding tert-OH is 1. The molecule has 35 heavy (non-hydrogen) atoms. The second kappa shape index (κ2) is 12.0. The Hall–Kier alpha value is -3.84. The molecule has 0 aliphatic carbocycles. The molecule has 8 nitrogen and oxygen atoms in total. The number of aliphatic hydroxyl groups is 1. The first kappa shape index (κ1) is 24.3. The smallest absolute Gasteiger partial charge is 0.411 e. The Kier molecular flexibility index (Phi) is 8.35. The Morgan fingerprint density at radius 1 is 1.00 bits per heavy atom. The molecule has 0 radical (unpaired) electrons. The summed E-state index contributed by atoms with van der Waals surface area (Å²) >= 11 is 0. The maximum Gasteiger partial charge on any atom is 0.411 e. The minimum atomic E-state index is -1.25. The predicted molar refractivity (Wildman–Crippen MR) is 131 cm³/mol. The molecular weight excluding hydrogens is 444 g/mol. The summed E-state index contributed by atoms with van der Waals surface area (Å²) < 4.78 is 11.7. The summed E-state index contributed by atoms with van der Waals surface area (Å²) in [6.07, 6.45) is -1.32. The van der Waals surface area contributed by atoms with Crippen LogP contribution in [0.3, 0.4) is 0 Å². The van der Waals surface area contributed by atoms with Crippen LogP contribution < -0.4 is 0 Å². The van der Waals surface area contributed by atoms with E-state index in [9.17, 15) is 9.90 Å². The van der Waals surface area contributed by atoms with Crippen LogP contribution in [0, 0.1) is 0 Å². The fraction of sp³-hybridized carbons (Fsp3) is 0.296. The zero-order valence-corrected chi connectivity index (χ0v) is 19.3. The van der Waals surface area contributed by atoms with E-state index in [2.05, 4.69) is 10.0 Å². The Bertz CT molecular complexity index is 1120. The van der Waals surface area contributed by atoms with Crippen LogP contribution in [0.15, 0.2) is 96.1 Å². The third-order valence-electron chi connectivity index (χ3n) is 6.05. The Balaban J connectivity index is 1.65. The topological polar surface area (TPSA) is 108 Å². The van der Waals surface area contributed by atoms with Crippen LogP contribution in [-0.2, 0) is 22.6 Å². The summed E-state index contributed by atoms with van der Waals surface area (Å²) in [5, 5.41) is 14.1. The van der Waals surface area contributed by atoms with E-state index in [0.717, 1.165) is 16.7 Å². The van der Waals surface area contributed by atoms with Gasteiger partial charge in [0.1, 0.15) is 6.61 Å². The molecule has 0 bridgehead atoms. The summed E-state index contributed by atoms with van der Waals surface area (Å²) in [5.74, 6) is 0. The molecule has 4 rings (SSSR count). The lowest BCUT2D eigenvalue weighted by atomic mass is 9.92. The van der Waals surface area contributed by atoms with E-state index >= 15 is 0 Å². The van der Waals surface area contributed by atoms with Gasteiger partial charge in [0, 0.05) is 11.5 Å². The molecule has 1 fully saturated rings. The van der Waals surface area contributed by atoms with E-state index in [1.807, 2.05) is 91.0 Å². The molecule has 1 aliphatic rings. The van der Waals surface area contributed by atoms with Gasteiger partial charge in [-0.2, -0.15) is 0 Å². The van der Waals surface area contributed by atoms with Crippen molar-refractivity contribution >= 4 is 6.09 Å². The molecule has 1 heterocycles. The fourth-order valence-corrected chi connectivity index (χ4v) is 4.33. The van der Waals surface area contributed by atoms with Crippen molar-refractivity contribution in [3.63, 3.8) is 0 Å². The normalized spacial score (nSPS) is 20.3. The van der Waals surface area contributed by atoms with Gasteiger partial charge in [0.2, 0.25) is 0 Å². The summed E-state index contributed by atoms with van der Waals surface area (Å²) in [6.45, 7) is 0.434. The molecule has 0 saturated carbocycles. The number of hydrogen-bond acceptors (Lipinski definition) is 5. The zero-order valence-electron chi connectivity index (χ0n) is 19.3. The fourth-order valence-electron chi connectivity index (χ4n) is 4.33. The second-order valence-electron chi connectivity index (χ2n) is 8.42. The number of carbonyl (C=O) groups excluding carboxylic acids is 1. The van der Waals surface area contributed by atoms with Crippen LogP contribution in [-0.4, -0.2) is 34.5 Å². The van der Waals surface area contributed by atoms with Crippen LogP contribution in [0.2, 0.25) is 0 Å². The first-order valence-electron chi connectivity index (χ1n) is 11.6. The van der Waals surface area contributed by atoms with E-state index in [1.54, 1.807) is 4.90 Å². The zero-order chi connectivity index (χ0) is 24.5. The lowest BCUT2D eigenvalue weighted by molar-refractivity contribution is -0.189. The highest BCUT2D eigenvalue weighted by atomic mass is 16.6. The van der Waals surface area contributed by atoms with Gasteiger partial charge < -0.3 is 14.6 Å². The van der Waals surface area contributed by atoms with Gasteiger partial charge >= 0.3 is 6.09 Å². The van der Waals surface area contributed by atoms with Crippen LogP contribution in [0.5, 0.6) is 0 Å². The largest absolute Gasteiger partial charge is 0.445 e. The number of azide groups is 1. The highest BCUT2D eigenvalue weighted by Gasteiger charge is 2.39. The molecule has 1 aliphatic heterocycles. The van der Waals surface area contributed by atoms with Crippen molar-refractivity contribution in [3.8, 4) is 0 Å². The first-order chi connectivity index (χ1) is 17.2. The second-order valence-corrected chi connectivity index (χ2v) is 8.42. The third kappa shape index (κ3) is 6.39. The molecule has 4 atom stereocenters. The van der Waals surface area contributed by atoms with Gasteiger partial charge in [-0.15, -0.1) is 0 Å². The van der Waals surface area contributed by atoms with Gasteiger partial charge in [-0.05, 0) is 35.1 Å². The Labute approximate surface area is 204 Å². The SMILES string of the molecule is [N-]=[N+]=NC1CC[C@@H]([C@@H](c2ccccc2)N(Cc2ccccc2)C(=O)OCc2ccccc2)OC1O. The van der Waals surface area contributed by atoms with Gasteiger partial charge in [-0.3, -0.25) is 4.90 Å². The molecule has 0 spiro atoms. The number of nitrogens with zero attached hydrogens (tertiary/aromatic N) is 4. The number of benzene rings is 3. The molecule has 3 aromatic rings. The number of ether oxygens (including phenoxy) is 2. The first-order valence-corrected chi connectivity index (χ1v) is 11.6. The standard InChI is InChI=1S/C27H28N4O4/c28-30-29-23-16-17-24(35-26(23)32)25(22-14-8-3-9-15-22)31(18-20-10-4-1-5-11-20)27(33)34-19-21-12-6-2-7-13-21/h1-15,23-26,32H,16-19H2/t23?,24-,25+,26?/m0/s1. The molecule has 8 heteroatoms. The maximum atomic E-state index is 13.5. The monoisotopic (exact) mass is 472 g/mol. The van der Waals surface area contributed by atoms with E-state index < -0.39 is 30.6 Å². The van der Waals surface area contributed by atoms with E-state index in [-0.39, 0.29) is 6.61 Å². The van der Waals surface area contributed by atoms with Crippen LogP contribution in [0.25, 0.3) is 10.4 Å². The summed E-state index contributed by atoms with van der Waals surface area (Å²) in [7, 11) is 0. The molecule has 0 aromatic heterocycles. The molecule has 2 unspecified atom stereocenters. The predicted octanol–water partition coefficient (Wildman–Crippen LogP) is 5.74. The molecule has 1 saturated heterocycles. The van der Waals surface area contributed by atoms with Crippen molar-refractivity contribution in [2.24, 2.45) is 5.11 Å². The molecular formula is C27H28N4O4. The molecule has 1 amide bonds. The van der Waals surface area contributed by atoms with Gasteiger partial charge in [-0.25, -0.2) is 4.79 Å². The van der Waals surface area contributed by atoms with E-state index in [1.165, 1.54) is 0 Å². The van der Waals surface area contributed by atoms with E-state index in [4.69, 9.17) is 15.0 Å². The van der Waals surface area contributed by atoms with Crippen molar-refractivity contribution in [2.75, 3.05) is 0 Å².